The smallest absolute Gasteiger partial charge is 0.144 e. The monoisotopic (exact) mass is 211 g/mol. The standard InChI is InChI=1S/C11H5N3O2/c12-3-7-8(4-13)11(16)9-5-14-2-1-6(9)10(7)15/h1-2,5,15-16H. The third-order valence-corrected chi connectivity index (χ3v) is 2.28. The van der Waals surface area contributed by atoms with Crippen LogP contribution >= 0.6 is 0 Å². The zero-order valence-corrected chi connectivity index (χ0v) is 7.97. The summed E-state index contributed by atoms with van der Waals surface area (Å²) >= 11 is 0. The maximum absolute atomic E-state index is 9.77. The summed E-state index contributed by atoms with van der Waals surface area (Å²) in [6.45, 7) is 0. The average molecular weight is 211 g/mol. The van der Waals surface area contributed by atoms with Crippen molar-refractivity contribution in [1.82, 2.24) is 4.98 Å². The summed E-state index contributed by atoms with van der Waals surface area (Å²) in [5.41, 5.74) is -0.459. The molecule has 0 saturated heterocycles. The molecule has 0 bridgehead atoms. The van der Waals surface area contributed by atoms with Gasteiger partial charge in [-0.05, 0) is 6.07 Å². The van der Waals surface area contributed by atoms with Gasteiger partial charge in [0, 0.05) is 23.2 Å². The highest BCUT2D eigenvalue weighted by Gasteiger charge is 2.18. The van der Waals surface area contributed by atoms with Gasteiger partial charge in [-0.3, -0.25) is 4.98 Å². The van der Waals surface area contributed by atoms with Crippen molar-refractivity contribution < 1.29 is 10.2 Å². The number of nitrogens with zero attached hydrogens (tertiary/aromatic N) is 3. The summed E-state index contributed by atoms with van der Waals surface area (Å²) in [7, 11) is 0. The molecule has 0 saturated carbocycles. The molecule has 1 aromatic heterocycles. The Morgan fingerprint density at radius 2 is 1.56 bits per heavy atom. The molecule has 0 aliphatic heterocycles. The predicted molar refractivity (Wildman–Crippen MR) is 54.5 cm³/mol. The number of hydrogen-bond donors (Lipinski definition) is 2. The Kier molecular flexibility index (Phi) is 2.08. The van der Waals surface area contributed by atoms with Gasteiger partial charge in [0.05, 0.1) is 0 Å². The second kappa shape index (κ2) is 3.41. The van der Waals surface area contributed by atoms with Crippen molar-refractivity contribution in [2.45, 2.75) is 0 Å². The number of hydrogen-bond acceptors (Lipinski definition) is 5. The minimum Gasteiger partial charge on any atom is -0.506 e. The van der Waals surface area contributed by atoms with E-state index in [4.69, 9.17) is 10.5 Å². The summed E-state index contributed by atoms with van der Waals surface area (Å²) < 4.78 is 0. The zero-order valence-electron chi connectivity index (χ0n) is 7.97. The molecule has 0 radical (unpaired) electrons. The van der Waals surface area contributed by atoms with Gasteiger partial charge in [-0.25, -0.2) is 0 Å². The Hall–Kier alpha value is -2.79. The Bertz CT molecular complexity index is 607. The van der Waals surface area contributed by atoms with Gasteiger partial charge < -0.3 is 10.2 Å². The van der Waals surface area contributed by atoms with Gasteiger partial charge in [0.25, 0.3) is 0 Å². The number of aromatic nitrogens is 1. The second-order valence-electron chi connectivity index (χ2n) is 3.09. The molecule has 16 heavy (non-hydrogen) atoms. The Balaban J connectivity index is 3.08. The molecule has 76 valence electrons. The first-order chi connectivity index (χ1) is 7.70. The number of pyridine rings is 1. The van der Waals surface area contributed by atoms with Gasteiger partial charge in [0.2, 0.25) is 0 Å². The average Bonchev–Trinajstić information content (AvgIpc) is 2.33. The molecule has 0 aliphatic carbocycles. The van der Waals surface area contributed by atoms with E-state index in [-0.39, 0.29) is 28.0 Å². The van der Waals surface area contributed by atoms with Crippen molar-refractivity contribution in [1.29, 1.82) is 10.5 Å². The van der Waals surface area contributed by atoms with Crippen molar-refractivity contribution in [3.63, 3.8) is 0 Å². The third kappa shape index (κ3) is 1.13. The summed E-state index contributed by atoms with van der Waals surface area (Å²) in [6.07, 6.45) is 2.75. The molecule has 0 fully saturated rings. The van der Waals surface area contributed by atoms with E-state index in [1.807, 2.05) is 0 Å². The van der Waals surface area contributed by atoms with Crippen LogP contribution in [0.5, 0.6) is 11.5 Å². The number of phenols is 2. The van der Waals surface area contributed by atoms with Crippen LogP contribution in [0.15, 0.2) is 18.5 Å². The molecule has 2 N–H and O–H groups in total. The third-order valence-electron chi connectivity index (χ3n) is 2.28. The lowest BCUT2D eigenvalue weighted by Crippen LogP contribution is -1.89. The fraction of sp³-hybridized carbons (Fsp3) is 0. The van der Waals surface area contributed by atoms with Gasteiger partial charge in [-0.1, -0.05) is 0 Å². The van der Waals surface area contributed by atoms with Crippen molar-refractivity contribution in [3.05, 3.63) is 29.6 Å². The van der Waals surface area contributed by atoms with Gasteiger partial charge in [0.1, 0.15) is 34.8 Å². The highest BCUT2D eigenvalue weighted by Crippen LogP contribution is 2.37. The first-order valence-corrected chi connectivity index (χ1v) is 4.32. The first kappa shape index (κ1) is 9.75. The van der Waals surface area contributed by atoms with Crippen LogP contribution in [0.2, 0.25) is 0 Å². The number of phenolic OH excluding ortho intramolecular Hbond substituents is 2. The van der Waals surface area contributed by atoms with E-state index in [0.717, 1.165) is 0 Å². The first-order valence-electron chi connectivity index (χ1n) is 4.32. The minimum atomic E-state index is -0.333. The van der Waals surface area contributed by atoms with Crippen LogP contribution < -0.4 is 0 Å². The quantitative estimate of drug-likeness (QED) is 0.641. The van der Waals surface area contributed by atoms with Gasteiger partial charge >= 0.3 is 0 Å². The summed E-state index contributed by atoms with van der Waals surface area (Å²) in [5.74, 6) is -0.644. The molecular formula is C11H5N3O2. The lowest BCUT2D eigenvalue weighted by atomic mass is 10.0. The lowest BCUT2D eigenvalue weighted by Gasteiger charge is -2.06. The summed E-state index contributed by atoms with van der Waals surface area (Å²) in [5, 5.41) is 37.7. The van der Waals surface area contributed by atoms with Crippen LogP contribution in [0.25, 0.3) is 10.8 Å². The summed E-state index contributed by atoms with van der Waals surface area (Å²) in [4.78, 5) is 3.78. The molecule has 0 aliphatic rings. The normalized spacial score (nSPS) is 9.62. The van der Waals surface area contributed by atoms with Crippen molar-refractivity contribution in [2.24, 2.45) is 0 Å². The van der Waals surface area contributed by atoms with Crippen LogP contribution in [0.4, 0.5) is 0 Å². The minimum absolute atomic E-state index is 0.223. The molecule has 5 nitrogen and oxygen atoms in total. The topological polar surface area (TPSA) is 101 Å². The second-order valence-corrected chi connectivity index (χ2v) is 3.09. The van der Waals surface area contributed by atoms with E-state index in [0.29, 0.717) is 5.39 Å². The van der Waals surface area contributed by atoms with E-state index in [1.165, 1.54) is 18.5 Å². The maximum Gasteiger partial charge on any atom is 0.144 e. The Labute approximate surface area is 90.4 Å². The molecule has 1 aromatic carbocycles. The Morgan fingerprint density at radius 1 is 1.00 bits per heavy atom. The van der Waals surface area contributed by atoms with Gasteiger partial charge in [-0.2, -0.15) is 10.5 Å². The molecule has 0 atom stereocenters. The zero-order chi connectivity index (χ0) is 11.7. The highest BCUT2D eigenvalue weighted by atomic mass is 16.3. The van der Waals surface area contributed by atoms with Gasteiger partial charge in [-0.15, -0.1) is 0 Å². The number of rotatable bonds is 0. The van der Waals surface area contributed by atoms with E-state index < -0.39 is 0 Å². The molecular weight excluding hydrogens is 206 g/mol. The summed E-state index contributed by atoms with van der Waals surface area (Å²) in [6, 6.07) is 4.85. The molecule has 0 spiro atoms. The Morgan fingerprint density at radius 3 is 2.12 bits per heavy atom. The molecule has 2 rings (SSSR count). The van der Waals surface area contributed by atoms with Crippen LogP contribution in [-0.4, -0.2) is 15.2 Å². The molecule has 1 heterocycles. The molecule has 0 unspecified atom stereocenters. The molecule has 2 aromatic rings. The number of benzene rings is 1. The number of nitriles is 2. The highest BCUT2D eigenvalue weighted by molar-refractivity contribution is 5.96. The van der Waals surface area contributed by atoms with Crippen LogP contribution in [0.1, 0.15) is 11.1 Å². The van der Waals surface area contributed by atoms with Crippen LogP contribution in [0.3, 0.4) is 0 Å². The fourth-order valence-electron chi connectivity index (χ4n) is 1.51. The molecule has 0 amide bonds. The van der Waals surface area contributed by atoms with Crippen molar-refractivity contribution >= 4 is 10.8 Å². The van der Waals surface area contributed by atoms with Crippen LogP contribution in [0, 0.1) is 22.7 Å². The fourth-order valence-corrected chi connectivity index (χ4v) is 1.51. The number of aromatic hydroxyl groups is 2. The maximum atomic E-state index is 9.77. The SMILES string of the molecule is N#Cc1c(C#N)c(O)c2cnccc2c1O. The largest absolute Gasteiger partial charge is 0.506 e. The lowest BCUT2D eigenvalue weighted by molar-refractivity contribution is 0.466. The van der Waals surface area contributed by atoms with E-state index >= 15 is 0 Å². The van der Waals surface area contributed by atoms with Crippen molar-refractivity contribution in [2.75, 3.05) is 0 Å². The predicted octanol–water partition coefficient (Wildman–Crippen LogP) is 1.39. The van der Waals surface area contributed by atoms with E-state index in [1.54, 1.807) is 12.1 Å². The number of fused-ring (bicyclic) bond motifs is 1. The van der Waals surface area contributed by atoms with E-state index in [2.05, 4.69) is 4.98 Å². The molecule has 5 heteroatoms. The van der Waals surface area contributed by atoms with Crippen molar-refractivity contribution in [3.8, 4) is 23.6 Å². The van der Waals surface area contributed by atoms with Crippen LogP contribution in [-0.2, 0) is 0 Å². The van der Waals surface area contributed by atoms with E-state index in [9.17, 15) is 10.2 Å². The van der Waals surface area contributed by atoms with Gasteiger partial charge in [0.15, 0.2) is 0 Å².